The number of hydrogen-bond donors (Lipinski definition) is 1. The van der Waals surface area contributed by atoms with E-state index in [0.29, 0.717) is 0 Å². The highest BCUT2D eigenvalue weighted by molar-refractivity contribution is 5.95. The normalized spacial score (nSPS) is 10.7. The zero-order valence-electron chi connectivity index (χ0n) is 11.6. The first kappa shape index (κ1) is 14.6. The molecule has 0 aromatic heterocycles. The van der Waals surface area contributed by atoms with Crippen LogP contribution in [0.5, 0.6) is 0 Å². The molecule has 18 heavy (non-hydrogen) atoms. The Labute approximate surface area is 110 Å². The summed E-state index contributed by atoms with van der Waals surface area (Å²) >= 11 is 0. The monoisotopic (exact) mass is 248 g/mol. The van der Waals surface area contributed by atoms with E-state index in [1.807, 2.05) is 29.2 Å². The Kier molecular flexibility index (Phi) is 5.69. The summed E-state index contributed by atoms with van der Waals surface area (Å²) in [6.07, 6.45) is 2.74. The van der Waals surface area contributed by atoms with Crippen LogP contribution in [0.25, 0.3) is 0 Å². The fourth-order valence-corrected chi connectivity index (χ4v) is 2.10. The van der Waals surface area contributed by atoms with Gasteiger partial charge in [0.1, 0.15) is 0 Å². The minimum atomic E-state index is 0.120. The van der Waals surface area contributed by atoms with Crippen molar-refractivity contribution in [3.05, 3.63) is 24.3 Å². The van der Waals surface area contributed by atoms with Crippen LogP contribution in [0.15, 0.2) is 24.3 Å². The average molecular weight is 248 g/mol. The lowest BCUT2D eigenvalue weighted by atomic mass is 10.0. The summed E-state index contributed by atoms with van der Waals surface area (Å²) in [6, 6.07) is 7.53. The Balaban J connectivity index is 2.94. The molecule has 3 heteroatoms. The van der Waals surface area contributed by atoms with Crippen LogP contribution in [0.3, 0.4) is 0 Å². The van der Waals surface area contributed by atoms with Crippen LogP contribution in [0, 0.1) is 5.92 Å². The van der Waals surface area contributed by atoms with Crippen LogP contribution in [-0.2, 0) is 4.79 Å². The second-order valence-corrected chi connectivity index (χ2v) is 4.59. The fraction of sp³-hybridized carbons (Fsp3) is 0.533. The van der Waals surface area contributed by atoms with Crippen molar-refractivity contribution in [2.75, 3.05) is 17.2 Å². The van der Waals surface area contributed by atoms with Crippen molar-refractivity contribution in [1.82, 2.24) is 0 Å². The average Bonchev–Trinajstić information content (AvgIpc) is 2.38. The topological polar surface area (TPSA) is 46.3 Å². The maximum atomic E-state index is 12.5. The molecule has 1 aromatic carbocycles. The number of nitrogens with two attached hydrogens (primary N) is 1. The van der Waals surface area contributed by atoms with E-state index < -0.39 is 0 Å². The molecular weight excluding hydrogens is 224 g/mol. The molecule has 100 valence electrons. The molecule has 2 N–H and O–H groups in total. The van der Waals surface area contributed by atoms with Gasteiger partial charge < -0.3 is 10.6 Å². The van der Waals surface area contributed by atoms with Gasteiger partial charge in [-0.15, -0.1) is 0 Å². The number of carbonyl (C=O) groups is 1. The molecule has 1 aromatic rings. The number of hydrogen-bond acceptors (Lipinski definition) is 2. The van der Waals surface area contributed by atoms with Gasteiger partial charge in [0.15, 0.2) is 0 Å². The van der Waals surface area contributed by atoms with Crippen molar-refractivity contribution in [3.8, 4) is 0 Å². The first-order valence-corrected chi connectivity index (χ1v) is 6.80. The van der Waals surface area contributed by atoms with E-state index >= 15 is 0 Å². The first-order chi connectivity index (χ1) is 8.63. The second-order valence-electron chi connectivity index (χ2n) is 4.59. The second kappa shape index (κ2) is 7.04. The molecule has 0 unspecified atom stereocenters. The Hall–Kier alpha value is -1.51. The molecule has 0 fully saturated rings. The highest BCUT2D eigenvalue weighted by Gasteiger charge is 2.21. The van der Waals surface area contributed by atoms with Gasteiger partial charge in [0.25, 0.3) is 0 Å². The zero-order valence-corrected chi connectivity index (χ0v) is 11.6. The van der Waals surface area contributed by atoms with Crippen molar-refractivity contribution < 1.29 is 4.79 Å². The lowest BCUT2D eigenvalue weighted by Gasteiger charge is -2.26. The molecule has 0 aliphatic heterocycles. The van der Waals surface area contributed by atoms with Crippen LogP contribution in [0.1, 0.15) is 40.0 Å². The van der Waals surface area contributed by atoms with E-state index in [1.165, 1.54) is 0 Å². The van der Waals surface area contributed by atoms with Crippen molar-refractivity contribution in [1.29, 1.82) is 0 Å². The van der Waals surface area contributed by atoms with Gasteiger partial charge in [0, 0.05) is 23.8 Å². The minimum absolute atomic E-state index is 0.120. The van der Waals surface area contributed by atoms with Crippen molar-refractivity contribution in [2.45, 2.75) is 40.0 Å². The Morgan fingerprint density at radius 2 is 1.72 bits per heavy atom. The third-order valence-electron chi connectivity index (χ3n) is 3.25. The SMILES string of the molecule is CCCN(C(=O)C(CC)CC)c1ccc(N)cc1. The molecule has 1 rings (SSSR count). The van der Waals surface area contributed by atoms with Crippen molar-refractivity contribution in [3.63, 3.8) is 0 Å². The number of amides is 1. The quantitative estimate of drug-likeness (QED) is 0.784. The first-order valence-electron chi connectivity index (χ1n) is 6.80. The summed E-state index contributed by atoms with van der Waals surface area (Å²) in [5.41, 5.74) is 7.36. The number of carbonyl (C=O) groups excluding carboxylic acids is 1. The van der Waals surface area contributed by atoms with Crippen molar-refractivity contribution in [2.24, 2.45) is 5.92 Å². The molecule has 0 saturated carbocycles. The minimum Gasteiger partial charge on any atom is -0.399 e. The summed E-state index contributed by atoms with van der Waals surface area (Å²) in [5, 5.41) is 0. The summed E-state index contributed by atoms with van der Waals surface area (Å²) in [5.74, 6) is 0.348. The van der Waals surface area contributed by atoms with E-state index in [4.69, 9.17) is 5.73 Å². The van der Waals surface area contributed by atoms with E-state index in [2.05, 4.69) is 20.8 Å². The maximum absolute atomic E-state index is 12.5. The van der Waals surface area contributed by atoms with Gasteiger partial charge in [-0.2, -0.15) is 0 Å². The highest BCUT2D eigenvalue weighted by Crippen LogP contribution is 2.21. The van der Waals surface area contributed by atoms with Crippen LogP contribution in [0.2, 0.25) is 0 Å². The van der Waals surface area contributed by atoms with E-state index in [-0.39, 0.29) is 11.8 Å². The maximum Gasteiger partial charge on any atom is 0.230 e. The predicted octanol–water partition coefficient (Wildman–Crippen LogP) is 3.45. The molecule has 0 bridgehead atoms. The molecule has 0 spiro atoms. The number of nitrogen functional groups attached to an aromatic ring is 1. The lowest BCUT2D eigenvalue weighted by Crippen LogP contribution is -2.36. The van der Waals surface area contributed by atoms with E-state index in [0.717, 1.165) is 37.2 Å². The zero-order chi connectivity index (χ0) is 13.5. The molecule has 0 saturated heterocycles. The molecule has 0 heterocycles. The standard InChI is InChI=1S/C15H24N2O/c1-4-11-17(15(18)12(5-2)6-3)14-9-7-13(16)8-10-14/h7-10,12H,4-6,11,16H2,1-3H3. The van der Waals surface area contributed by atoms with Crippen molar-refractivity contribution >= 4 is 17.3 Å². The summed E-state index contributed by atoms with van der Waals surface area (Å²) < 4.78 is 0. The fourth-order valence-electron chi connectivity index (χ4n) is 2.10. The Morgan fingerprint density at radius 1 is 1.17 bits per heavy atom. The van der Waals surface area contributed by atoms with Crippen LogP contribution in [0.4, 0.5) is 11.4 Å². The number of anilines is 2. The van der Waals surface area contributed by atoms with Crippen LogP contribution in [-0.4, -0.2) is 12.5 Å². The molecule has 0 atom stereocenters. The van der Waals surface area contributed by atoms with Gasteiger partial charge >= 0.3 is 0 Å². The molecule has 0 aliphatic carbocycles. The molecule has 3 nitrogen and oxygen atoms in total. The van der Waals surface area contributed by atoms with Gasteiger partial charge in [-0.3, -0.25) is 4.79 Å². The van der Waals surface area contributed by atoms with E-state index in [9.17, 15) is 4.79 Å². The van der Waals surface area contributed by atoms with Gasteiger partial charge in [-0.1, -0.05) is 20.8 Å². The molecule has 0 aliphatic rings. The summed E-state index contributed by atoms with van der Waals surface area (Å²) in [4.78, 5) is 14.4. The highest BCUT2D eigenvalue weighted by atomic mass is 16.2. The van der Waals surface area contributed by atoms with Crippen LogP contribution >= 0.6 is 0 Å². The Morgan fingerprint density at radius 3 is 2.17 bits per heavy atom. The third-order valence-corrected chi connectivity index (χ3v) is 3.25. The third kappa shape index (κ3) is 3.49. The van der Waals surface area contributed by atoms with Crippen LogP contribution < -0.4 is 10.6 Å². The summed E-state index contributed by atoms with van der Waals surface area (Å²) in [6.45, 7) is 6.99. The molecule has 1 amide bonds. The number of nitrogens with zero attached hydrogens (tertiary/aromatic N) is 1. The molecular formula is C15H24N2O. The Bertz CT molecular complexity index is 369. The lowest BCUT2D eigenvalue weighted by molar-refractivity contribution is -0.122. The number of benzene rings is 1. The van der Waals surface area contributed by atoms with E-state index in [1.54, 1.807) is 0 Å². The predicted molar refractivity (Wildman–Crippen MR) is 77.6 cm³/mol. The molecule has 0 radical (unpaired) electrons. The van der Waals surface area contributed by atoms with Gasteiger partial charge in [-0.05, 0) is 43.5 Å². The van der Waals surface area contributed by atoms with Gasteiger partial charge in [0.05, 0.1) is 0 Å². The summed E-state index contributed by atoms with van der Waals surface area (Å²) in [7, 11) is 0. The van der Waals surface area contributed by atoms with Gasteiger partial charge in [0.2, 0.25) is 5.91 Å². The number of rotatable bonds is 6. The smallest absolute Gasteiger partial charge is 0.230 e. The largest absolute Gasteiger partial charge is 0.399 e. The van der Waals surface area contributed by atoms with Gasteiger partial charge in [-0.25, -0.2) is 0 Å².